The molecule has 1 heterocycles. The molecule has 1 fully saturated rings. The van der Waals surface area contributed by atoms with Crippen molar-refractivity contribution >= 4 is 5.71 Å². The summed E-state index contributed by atoms with van der Waals surface area (Å²) in [4.78, 5) is 0. The molecule has 1 N–H and O–H groups in total. The molecule has 84 valence electrons. The summed E-state index contributed by atoms with van der Waals surface area (Å²) >= 11 is 0. The SMILES string of the molecule is CC1=NNC(C)=C2CCC(C)CCCC12. The molecule has 0 aromatic rings. The Morgan fingerprint density at radius 2 is 2.00 bits per heavy atom. The van der Waals surface area contributed by atoms with Crippen LogP contribution in [0.5, 0.6) is 0 Å². The smallest absolute Gasteiger partial charge is 0.0423 e. The van der Waals surface area contributed by atoms with Gasteiger partial charge in [0.15, 0.2) is 0 Å². The normalized spacial score (nSPS) is 32.3. The van der Waals surface area contributed by atoms with Crippen LogP contribution in [-0.2, 0) is 0 Å². The van der Waals surface area contributed by atoms with Gasteiger partial charge in [-0.05, 0) is 44.6 Å². The molecule has 0 saturated heterocycles. The molecular formula is C13H22N2. The van der Waals surface area contributed by atoms with Gasteiger partial charge in [-0.2, -0.15) is 5.10 Å². The van der Waals surface area contributed by atoms with Gasteiger partial charge >= 0.3 is 0 Å². The first-order valence-corrected chi connectivity index (χ1v) is 6.18. The summed E-state index contributed by atoms with van der Waals surface area (Å²) in [6, 6.07) is 0. The second-order valence-corrected chi connectivity index (χ2v) is 5.14. The summed E-state index contributed by atoms with van der Waals surface area (Å²) in [5, 5.41) is 4.40. The van der Waals surface area contributed by atoms with Crippen molar-refractivity contribution in [2.75, 3.05) is 0 Å². The molecule has 2 unspecified atom stereocenters. The maximum atomic E-state index is 4.40. The fourth-order valence-corrected chi connectivity index (χ4v) is 2.80. The first kappa shape index (κ1) is 10.7. The molecular weight excluding hydrogens is 184 g/mol. The number of hydrazone groups is 1. The number of hydrogen-bond donors (Lipinski definition) is 1. The third-order valence-corrected chi connectivity index (χ3v) is 3.90. The molecule has 0 radical (unpaired) electrons. The van der Waals surface area contributed by atoms with Gasteiger partial charge in [0.2, 0.25) is 0 Å². The fraction of sp³-hybridized carbons (Fsp3) is 0.769. The number of hydrogen-bond acceptors (Lipinski definition) is 2. The van der Waals surface area contributed by atoms with Crippen LogP contribution in [0.1, 0.15) is 52.9 Å². The number of allylic oxidation sites excluding steroid dienone is 2. The van der Waals surface area contributed by atoms with Crippen LogP contribution in [0.2, 0.25) is 0 Å². The van der Waals surface area contributed by atoms with Crippen LogP contribution in [0.15, 0.2) is 16.4 Å². The van der Waals surface area contributed by atoms with E-state index in [1.165, 1.54) is 43.5 Å². The number of nitrogens with zero attached hydrogens (tertiary/aromatic N) is 1. The summed E-state index contributed by atoms with van der Waals surface area (Å²) in [6.07, 6.45) is 6.66. The van der Waals surface area contributed by atoms with Gasteiger partial charge in [0.1, 0.15) is 0 Å². The van der Waals surface area contributed by atoms with E-state index in [9.17, 15) is 0 Å². The summed E-state index contributed by atoms with van der Waals surface area (Å²) in [5.41, 5.74) is 7.37. The van der Waals surface area contributed by atoms with Gasteiger partial charge in [-0.25, -0.2) is 0 Å². The third-order valence-electron chi connectivity index (χ3n) is 3.90. The van der Waals surface area contributed by atoms with Crippen molar-refractivity contribution in [2.24, 2.45) is 16.9 Å². The topological polar surface area (TPSA) is 24.4 Å². The molecule has 2 heteroatoms. The maximum Gasteiger partial charge on any atom is 0.0423 e. The van der Waals surface area contributed by atoms with Crippen molar-refractivity contribution in [2.45, 2.75) is 52.9 Å². The minimum absolute atomic E-state index is 0.638. The molecule has 0 spiro atoms. The van der Waals surface area contributed by atoms with Crippen molar-refractivity contribution in [3.8, 4) is 0 Å². The summed E-state index contributed by atoms with van der Waals surface area (Å²) in [5.74, 6) is 1.53. The Morgan fingerprint density at radius 3 is 2.80 bits per heavy atom. The summed E-state index contributed by atoms with van der Waals surface area (Å²) in [6.45, 7) is 6.72. The van der Waals surface area contributed by atoms with Gasteiger partial charge in [0, 0.05) is 17.3 Å². The van der Waals surface area contributed by atoms with E-state index in [0.29, 0.717) is 5.92 Å². The Labute approximate surface area is 92.8 Å². The van der Waals surface area contributed by atoms with E-state index in [4.69, 9.17) is 0 Å². The van der Waals surface area contributed by atoms with Gasteiger partial charge < -0.3 is 0 Å². The van der Waals surface area contributed by atoms with E-state index in [2.05, 4.69) is 31.3 Å². The molecule has 1 saturated carbocycles. The molecule has 0 amide bonds. The number of nitrogens with one attached hydrogen (secondary N) is 1. The molecule has 0 aromatic heterocycles. The zero-order valence-corrected chi connectivity index (χ0v) is 10.1. The molecule has 15 heavy (non-hydrogen) atoms. The number of fused-ring (bicyclic) bond motifs is 1. The van der Waals surface area contributed by atoms with E-state index < -0.39 is 0 Å². The third kappa shape index (κ3) is 2.24. The minimum atomic E-state index is 0.638. The quantitative estimate of drug-likeness (QED) is 0.645. The monoisotopic (exact) mass is 206 g/mol. The maximum absolute atomic E-state index is 4.40. The summed E-state index contributed by atoms with van der Waals surface area (Å²) in [7, 11) is 0. The Hall–Kier alpha value is -0.790. The molecule has 1 aliphatic heterocycles. The van der Waals surface area contributed by atoms with Crippen molar-refractivity contribution < 1.29 is 0 Å². The van der Waals surface area contributed by atoms with Crippen LogP contribution in [0.3, 0.4) is 0 Å². The predicted molar refractivity (Wildman–Crippen MR) is 64.7 cm³/mol. The predicted octanol–water partition coefficient (Wildman–Crippen LogP) is 3.46. The zero-order valence-electron chi connectivity index (χ0n) is 10.1. The van der Waals surface area contributed by atoms with Crippen molar-refractivity contribution in [1.82, 2.24) is 5.43 Å². The molecule has 2 nitrogen and oxygen atoms in total. The second kappa shape index (κ2) is 4.38. The average molecular weight is 206 g/mol. The molecule has 2 atom stereocenters. The van der Waals surface area contributed by atoms with Crippen LogP contribution < -0.4 is 5.43 Å². The lowest BCUT2D eigenvalue weighted by molar-refractivity contribution is 0.415. The molecule has 0 bridgehead atoms. The Balaban J connectivity index is 2.18. The lowest BCUT2D eigenvalue weighted by Gasteiger charge is -2.30. The lowest BCUT2D eigenvalue weighted by atomic mass is 9.80. The van der Waals surface area contributed by atoms with Crippen LogP contribution >= 0.6 is 0 Å². The first-order valence-electron chi connectivity index (χ1n) is 6.18. The average Bonchev–Trinajstić information content (AvgIpc) is 2.18. The second-order valence-electron chi connectivity index (χ2n) is 5.14. The summed E-state index contributed by atoms with van der Waals surface area (Å²) < 4.78 is 0. The van der Waals surface area contributed by atoms with E-state index in [-0.39, 0.29) is 0 Å². The Kier molecular flexibility index (Phi) is 3.13. The van der Waals surface area contributed by atoms with Crippen LogP contribution in [0.25, 0.3) is 0 Å². The van der Waals surface area contributed by atoms with Crippen LogP contribution in [0, 0.1) is 11.8 Å². The Morgan fingerprint density at radius 1 is 1.20 bits per heavy atom. The van der Waals surface area contributed by atoms with Gasteiger partial charge in [-0.15, -0.1) is 0 Å². The van der Waals surface area contributed by atoms with Crippen molar-refractivity contribution in [3.05, 3.63) is 11.3 Å². The minimum Gasteiger partial charge on any atom is -0.283 e. The highest BCUT2D eigenvalue weighted by molar-refractivity contribution is 5.87. The van der Waals surface area contributed by atoms with Crippen LogP contribution in [0.4, 0.5) is 0 Å². The molecule has 1 aliphatic carbocycles. The van der Waals surface area contributed by atoms with Gasteiger partial charge in [-0.1, -0.05) is 19.8 Å². The Bertz CT molecular complexity index is 302. The number of rotatable bonds is 0. The van der Waals surface area contributed by atoms with E-state index in [1.807, 2.05) is 0 Å². The standard InChI is InChI=1S/C13H22N2/c1-9-5-4-6-12-10(2)14-15-11(3)13(12)8-7-9/h9,12,15H,4-8H2,1-3H3. The highest BCUT2D eigenvalue weighted by Gasteiger charge is 2.25. The molecule has 2 aliphatic rings. The van der Waals surface area contributed by atoms with E-state index in [1.54, 1.807) is 5.57 Å². The lowest BCUT2D eigenvalue weighted by Crippen LogP contribution is -2.27. The highest BCUT2D eigenvalue weighted by Crippen LogP contribution is 2.33. The first-order chi connectivity index (χ1) is 7.18. The van der Waals surface area contributed by atoms with Crippen LogP contribution in [-0.4, -0.2) is 5.71 Å². The van der Waals surface area contributed by atoms with Crippen molar-refractivity contribution in [3.63, 3.8) is 0 Å². The molecule has 0 aromatic carbocycles. The van der Waals surface area contributed by atoms with Gasteiger partial charge in [0.25, 0.3) is 0 Å². The highest BCUT2D eigenvalue weighted by atomic mass is 15.3. The van der Waals surface area contributed by atoms with Gasteiger partial charge in [-0.3, -0.25) is 5.43 Å². The fourth-order valence-electron chi connectivity index (χ4n) is 2.80. The van der Waals surface area contributed by atoms with Gasteiger partial charge in [0.05, 0.1) is 0 Å². The zero-order chi connectivity index (χ0) is 10.8. The van der Waals surface area contributed by atoms with E-state index in [0.717, 1.165) is 5.92 Å². The largest absolute Gasteiger partial charge is 0.283 e. The van der Waals surface area contributed by atoms with E-state index >= 15 is 0 Å². The van der Waals surface area contributed by atoms with Crippen molar-refractivity contribution in [1.29, 1.82) is 0 Å². The molecule has 2 rings (SSSR count).